The zero-order chi connectivity index (χ0) is 26.5. The molecule has 4 aromatic rings. The zero-order valence-electron chi connectivity index (χ0n) is 20.7. The second kappa shape index (κ2) is 10.8. The minimum atomic E-state index is -0.304. The number of aromatic nitrogens is 6. The van der Waals surface area contributed by atoms with Gasteiger partial charge in [-0.3, -0.25) is 0 Å². The minimum absolute atomic E-state index is 0.139. The number of phenols is 4. The number of H-pyrrole nitrogens is 2. The summed E-state index contributed by atoms with van der Waals surface area (Å²) in [5, 5.41) is 60.3. The fourth-order valence-corrected chi connectivity index (χ4v) is 3.62. The van der Waals surface area contributed by atoms with Gasteiger partial charge in [-0.25, -0.2) is 10.2 Å². The number of benzene rings is 2. The molecule has 0 fully saturated rings. The van der Waals surface area contributed by atoms with Gasteiger partial charge < -0.3 is 40.9 Å². The second-order valence-electron chi connectivity index (χ2n) is 8.44. The second-order valence-corrected chi connectivity index (χ2v) is 8.44. The van der Waals surface area contributed by atoms with Gasteiger partial charge in [-0.2, -0.15) is 9.97 Å². The summed E-state index contributed by atoms with van der Waals surface area (Å²) in [5.41, 5.74) is 1.43. The van der Waals surface area contributed by atoms with Gasteiger partial charge in [0.1, 0.15) is 0 Å². The van der Waals surface area contributed by atoms with Crippen LogP contribution in [0.15, 0.2) is 30.3 Å². The number of hydrogen-bond donors (Lipinski definition) is 8. The Balaban J connectivity index is 1.35. The molecule has 196 valence electrons. The molecule has 37 heavy (non-hydrogen) atoms. The molecule has 4 rings (SSSR count). The highest BCUT2D eigenvalue weighted by molar-refractivity contribution is 5.68. The van der Waals surface area contributed by atoms with E-state index < -0.39 is 0 Å². The van der Waals surface area contributed by atoms with Gasteiger partial charge >= 0.3 is 0 Å². The lowest BCUT2D eigenvalue weighted by Crippen LogP contribution is -2.21. The third kappa shape index (κ3) is 5.69. The van der Waals surface area contributed by atoms with Crippen molar-refractivity contribution in [2.24, 2.45) is 0 Å². The zero-order valence-corrected chi connectivity index (χ0v) is 20.7. The average molecular weight is 511 g/mol. The van der Waals surface area contributed by atoms with Crippen molar-refractivity contribution in [2.45, 2.75) is 12.8 Å². The first kappa shape index (κ1) is 25.2. The van der Waals surface area contributed by atoms with Gasteiger partial charge in [0.15, 0.2) is 23.0 Å². The summed E-state index contributed by atoms with van der Waals surface area (Å²) in [6.45, 7) is 0.993. The molecule has 0 saturated heterocycles. The first-order valence-corrected chi connectivity index (χ1v) is 11.5. The van der Waals surface area contributed by atoms with E-state index in [-0.39, 0.29) is 34.6 Å². The van der Waals surface area contributed by atoms with Gasteiger partial charge in [-0.05, 0) is 36.1 Å². The highest BCUT2D eigenvalue weighted by Gasteiger charge is 2.16. The van der Waals surface area contributed by atoms with Crippen molar-refractivity contribution < 1.29 is 20.4 Å². The molecule has 0 aliphatic carbocycles. The van der Waals surface area contributed by atoms with E-state index in [2.05, 4.69) is 41.0 Å². The molecule has 14 heteroatoms. The molecule has 8 N–H and O–H groups in total. The molecule has 0 aliphatic heterocycles. The van der Waals surface area contributed by atoms with Crippen molar-refractivity contribution in [3.8, 4) is 23.0 Å². The molecule has 0 atom stereocenters. The largest absolute Gasteiger partial charge is 0.504 e. The van der Waals surface area contributed by atoms with Crippen LogP contribution in [-0.4, -0.2) is 85.0 Å². The third-order valence-electron chi connectivity index (χ3n) is 5.89. The molecule has 0 unspecified atom stereocenters. The Hall–Kier alpha value is -4.88. The van der Waals surface area contributed by atoms with Crippen LogP contribution in [0.5, 0.6) is 23.0 Å². The van der Waals surface area contributed by atoms with Crippen LogP contribution in [0.25, 0.3) is 0 Å². The molecule has 0 radical (unpaired) electrons. The topological polar surface area (TPSA) is 195 Å². The van der Waals surface area contributed by atoms with Crippen molar-refractivity contribution in [2.75, 3.05) is 54.7 Å². The van der Waals surface area contributed by atoms with Crippen LogP contribution in [0.1, 0.15) is 11.1 Å². The highest BCUT2D eigenvalue weighted by atomic mass is 16.3. The number of anilines is 5. The molecule has 14 nitrogen and oxygen atoms in total. The smallest absolute Gasteiger partial charge is 0.246 e. The molecule has 2 aromatic carbocycles. The minimum Gasteiger partial charge on any atom is -0.504 e. The number of aromatic amines is 2. The van der Waals surface area contributed by atoms with Crippen molar-refractivity contribution in [1.29, 1.82) is 0 Å². The first-order valence-electron chi connectivity index (χ1n) is 11.5. The Kier molecular flexibility index (Phi) is 7.36. The van der Waals surface area contributed by atoms with E-state index in [4.69, 9.17) is 0 Å². The van der Waals surface area contributed by atoms with Gasteiger partial charge in [-0.1, -0.05) is 18.2 Å². The normalized spacial score (nSPS) is 10.9. The van der Waals surface area contributed by atoms with E-state index in [1.807, 2.05) is 11.9 Å². The third-order valence-corrected chi connectivity index (χ3v) is 5.89. The number of nitrogens with zero attached hydrogens (tertiary/aromatic N) is 6. The summed E-state index contributed by atoms with van der Waals surface area (Å²) < 4.78 is 0. The number of aromatic hydroxyl groups is 4. The Morgan fingerprint density at radius 3 is 1.97 bits per heavy atom. The number of nitrogens with one attached hydrogen (secondary N) is 4. The number of phenolic OH excluding ortho intramolecular Hbond substituents is 4. The Morgan fingerprint density at radius 2 is 1.35 bits per heavy atom. The van der Waals surface area contributed by atoms with E-state index in [1.165, 1.54) is 6.07 Å². The summed E-state index contributed by atoms with van der Waals surface area (Å²) in [6.07, 6.45) is 0.914. The predicted octanol–water partition coefficient (Wildman–Crippen LogP) is 1.89. The van der Waals surface area contributed by atoms with Gasteiger partial charge in [0.25, 0.3) is 0 Å². The number of rotatable bonds is 11. The quantitative estimate of drug-likeness (QED) is 0.137. The average Bonchev–Trinajstić information content (AvgIpc) is 3.57. The van der Waals surface area contributed by atoms with E-state index in [0.717, 1.165) is 0 Å². The van der Waals surface area contributed by atoms with Crippen molar-refractivity contribution >= 4 is 29.5 Å². The molecule has 0 saturated carbocycles. The van der Waals surface area contributed by atoms with E-state index in [1.54, 1.807) is 43.3 Å². The molecule has 2 aromatic heterocycles. The Bertz CT molecular complexity index is 1360. The van der Waals surface area contributed by atoms with E-state index in [0.29, 0.717) is 54.9 Å². The van der Waals surface area contributed by atoms with Crippen LogP contribution >= 0.6 is 0 Å². The van der Waals surface area contributed by atoms with Crippen LogP contribution in [0, 0.1) is 0 Å². The summed E-state index contributed by atoms with van der Waals surface area (Å²) in [6, 6.07) is 8.19. The molecule has 0 aliphatic rings. The van der Waals surface area contributed by atoms with Crippen LogP contribution in [-0.2, 0) is 12.8 Å². The molecule has 0 amide bonds. The van der Waals surface area contributed by atoms with Gasteiger partial charge in [0, 0.05) is 34.2 Å². The SMILES string of the molecule is CNc1nc(N(C)CCc2ccc(Nc3nc(N(C)CCc4cccc(O)c4O)n[nH]3)c(O)c2O)n[nH]1. The summed E-state index contributed by atoms with van der Waals surface area (Å²) in [7, 11) is 5.37. The maximum Gasteiger partial charge on any atom is 0.246 e. The summed E-state index contributed by atoms with van der Waals surface area (Å²) in [5.74, 6) is 0.885. The van der Waals surface area contributed by atoms with Crippen molar-refractivity contribution in [3.05, 3.63) is 41.5 Å². The number of likely N-dealkylation sites (N-methyl/N-ethyl adjacent to an activating group) is 2. The van der Waals surface area contributed by atoms with Crippen LogP contribution in [0.3, 0.4) is 0 Å². The lowest BCUT2D eigenvalue weighted by molar-refractivity contribution is 0.399. The van der Waals surface area contributed by atoms with Gasteiger partial charge in [0.05, 0.1) is 5.69 Å². The molecular formula is C23H30N10O4. The monoisotopic (exact) mass is 510 g/mol. The lowest BCUT2D eigenvalue weighted by Gasteiger charge is -2.16. The van der Waals surface area contributed by atoms with Crippen LogP contribution in [0.2, 0.25) is 0 Å². The fourth-order valence-electron chi connectivity index (χ4n) is 3.62. The van der Waals surface area contributed by atoms with E-state index >= 15 is 0 Å². The van der Waals surface area contributed by atoms with Crippen LogP contribution in [0.4, 0.5) is 29.5 Å². The lowest BCUT2D eigenvalue weighted by atomic mass is 10.1. The fraction of sp³-hybridized carbons (Fsp3) is 0.304. The highest BCUT2D eigenvalue weighted by Crippen LogP contribution is 2.38. The first-order chi connectivity index (χ1) is 17.8. The Labute approximate surface area is 212 Å². The molecule has 0 bridgehead atoms. The van der Waals surface area contributed by atoms with Gasteiger partial charge in [-0.15, -0.1) is 10.2 Å². The summed E-state index contributed by atoms with van der Waals surface area (Å²) in [4.78, 5) is 12.2. The van der Waals surface area contributed by atoms with Gasteiger partial charge in [0.2, 0.25) is 23.8 Å². The van der Waals surface area contributed by atoms with E-state index in [9.17, 15) is 20.4 Å². The maximum atomic E-state index is 10.6. The molecule has 0 spiro atoms. The molecule has 2 heterocycles. The predicted molar refractivity (Wildman–Crippen MR) is 139 cm³/mol. The maximum absolute atomic E-state index is 10.6. The number of hydrogen-bond acceptors (Lipinski definition) is 12. The standard InChI is InChI=1S/C23H30N10O4/c1-24-20-26-22(30-28-20)32(2)12-10-14-7-8-15(19(37)18(14)36)25-21-27-23(31-29-21)33(3)11-9-13-5-4-6-16(34)17(13)35/h4-8,34-37H,9-12H2,1-3H3,(H2,24,26,28,30)(H2,25,27,29,31). The van der Waals surface area contributed by atoms with Crippen LogP contribution < -0.4 is 20.4 Å². The summed E-state index contributed by atoms with van der Waals surface area (Å²) >= 11 is 0. The molecular weight excluding hydrogens is 480 g/mol. The Morgan fingerprint density at radius 1 is 0.757 bits per heavy atom. The van der Waals surface area contributed by atoms with Crippen molar-refractivity contribution in [3.63, 3.8) is 0 Å². The van der Waals surface area contributed by atoms with Crippen molar-refractivity contribution in [1.82, 2.24) is 30.4 Å². The number of para-hydroxylation sites is 1.